The van der Waals surface area contributed by atoms with Gasteiger partial charge in [-0.15, -0.1) is 0 Å². The van der Waals surface area contributed by atoms with E-state index in [9.17, 15) is 9.90 Å². The second kappa shape index (κ2) is 5.98. The first-order valence-electron chi connectivity index (χ1n) is 7.98. The Kier molecular flexibility index (Phi) is 3.65. The van der Waals surface area contributed by atoms with E-state index in [0.29, 0.717) is 17.1 Å². The van der Waals surface area contributed by atoms with Crippen molar-refractivity contribution in [3.63, 3.8) is 0 Å². The predicted octanol–water partition coefficient (Wildman–Crippen LogP) is 4.76. The summed E-state index contributed by atoms with van der Waals surface area (Å²) >= 11 is 0. The molecule has 5 rings (SSSR count). The first-order valence-corrected chi connectivity index (χ1v) is 7.98. The molecule has 124 valence electrons. The highest BCUT2D eigenvalue weighted by Gasteiger charge is 2.31. The van der Waals surface area contributed by atoms with Gasteiger partial charge in [-0.2, -0.15) is 0 Å². The summed E-state index contributed by atoms with van der Waals surface area (Å²) in [4.78, 5) is 11.9. The quantitative estimate of drug-likeness (QED) is 0.751. The van der Waals surface area contributed by atoms with Crippen molar-refractivity contribution in [2.45, 2.75) is 6.92 Å². The van der Waals surface area contributed by atoms with Crippen LogP contribution in [0.25, 0.3) is 22.3 Å². The molecule has 4 heteroatoms. The number of carbonyl (C=O) groups is 1. The van der Waals surface area contributed by atoms with Crippen molar-refractivity contribution >= 4 is 5.97 Å². The average Bonchev–Trinajstić information content (AvgIpc) is 2.92. The summed E-state index contributed by atoms with van der Waals surface area (Å²) in [5.41, 5.74) is 4.21. The number of hydrogen-bond acceptors (Lipinski definition) is 3. The van der Waals surface area contributed by atoms with Crippen molar-refractivity contribution in [3.05, 3.63) is 71.8 Å². The summed E-state index contributed by atoms with van der Waals surface area (Å²) in [5.74, 6) is -0.101. The average molecular weight is 332 g/mol. The summed E-state index contributed by atoms with van der Waals surface area (Å²) in [6, 6.07) is 19.5. The van der Waals surface area contributed by atoms with Crippen LogP contribution >= 0.6 is 0 Å². The summed E-state index contributed by atoms with van der Waals surface area (Å²) in [7, 11) is 0. The number of carboxylic acid groups (broad SMARTS) is 1. The zero-order chi connectivity index (χ0) is 17.4. The molecule has 1 N–H and O–H groups in total. The van der Waals surface area contributed by atoms with Gasteiger partial charge in [-0.1, -0.05) is 60.7 Å². The van der Waals surface area contributed by atoms with Gasteiger partial charge in [0.2, 0.25) is 6.79 Å². The molecule has 0 aliphatic carbocycles. The SMILES string of the molecule is Cc1c2c(-c3ccccc3)c(-c3ccccc3)c(c1C(=O)O)OCO2. The molecule has 3 aromatic rings. The summed E-state index contributed by atoms with van der Waals surface area (Å²) in [6.45, 7) is 1.75. The van der Waals surface area contributed by atoms with Gasteiger partial charge in [-0.25, -0.2) is 4.79 Å². The zero-order valence-electron chi connectivity index (χ0n) is 13.7. The van der Waals surface area contributed by atoms with Crippen LogP contribution in [0.4, 0.5) is 0 Å². The Morgan fingerprint density at radius 2 is 1.32 bits per heavy atom. The van der Waals surface area contributed by atoms with Gasteiger partial charge in [-0.05, 0) is 18.1 Å². The Balaban J connectivity index is 2.16. The van der Waals surface area contributed by atoms with Crippen molar-refractivity contribution < 1.29 is 19.4 Å². The molecule has 0 unspecified atom stereocenters. The van der Waals surface area contributed by atoms with Crippen LogP contribution < -0.4 is 9.47 Å². The Hall–Kier alpha value is -3.27. The lowest BCUT2D eigenvalue weighted by atomic mass is 9.88. The number of benzene rings is 3. The van der Waals surface area contributed by atoms with Crippen LogP contribution in [0.3, 0.4) is 0 Å². The van der Waals surface area contributed by atoms with Crippen LogP contribution in [0, 0.1) is 6.92 Å². The minimum Gasteiger partial charge on any atom is -0.478 e. The summed E-state index contributed by atoms with van der Waals surface area (Å²) in [5, 5.41) is 9.73. The second-order valence-corrected chi connectivity index (χ2v) is 5.85. The van der Waals surface area contributed by atoms with Crippen LogP contribution in [0.15, 0.2) is 60.7 Å². The van der Waals surface area contributed by atoms with Gasteiger partial charge in [0.25, 0.3) is 0 Å². The van der Waals surface area contributed by atoms with E-state index in [-0.39, 0.29) is 12.4 Å². The molecule has 4 nitrogen and oxygen atoms in total. The molecular weight excluding hydrogens is 316 g/mol. The van der Waals surface area contributed by atoms with Crippen LogP contribution in [0.2, 0.25) is 0 Å². The van der Waals surface area contributed by atoms with E-state index in [2.05, 4.69) is 0 Å². The van der Waals surface area contributed by atoms with Gasteiger partial charge in [0.05, 0.1) is 0 Å². The molecule has 0 aromatic heterocycles. The van der Waals surface area contributed by atoms with Crippen LogP contribution in [0.1, 0.15) is 15.9 Å². The van der Waals surface area contributed by atoms with Gasteiger partial charge in [0.15, 0.2) is 0 Å². The number of hydrogen-bond donors (Lipinski definition) is 1. The van der Waals surface area contributed by atoms with Crippen molar-refractivity contribution in [2.75, 3.05) is 6.79 Å². The standard InChI is InChI=1S/C21H16O4/c1-13-16(21(22)23)20-18(15-10-6-3-7-11-15)17(19(13)24-12-25-20)14-8-4-2-5-9-14/h2-11H,12H2,1H3,(H,22,23). The third-order valence-electron chi connectivity index (χ3n) is 4.39. The molecule has 2 aliphatic heterocycles. The summed E-state index contributed by atoms with van der Waals surface area (Å²) < 4.78 is 11.5. The van der Waals surface area contributed by atoms with Gasteiger partial charge in [0, 0.05) is 16.7 Å². The van der Waals surface area contributed by atoms with Crippen molar-refractivity contribution in [2.24, 2.45) is 0 Å². The monoisotopic (exact) mass is 332 g/mol. The highest BCUT2D eigenvalue weighted by molar-refractivity contribution is 6.03. The fraction of sp³-hybridized carbons (Fsp3) is 0.0952. The second-order valence-electron chi connectivity index (χ2n) is 5.85. The van der Waals surface area contributed by atoms with Crippen molar-refractivity contribution in [3.8, 4) is 33.8 Å². The lowest BCUT2D eigenvalue weighted by Gasteiger charge is -2.18. The minimum absolute atomic E-state index is 0.00848. The maximum Gasteiger partial charge on any atom is 0.339 e. The highest BCUT2D eigenvalue weighted by Crippen LogP contribution is 2.50. The first-order chi connectivity index (χ1) is 12.2. The van der Waals surface area contributed by atoms with Crippen LogP contribution in [-0.4, -0.2) is 17.9 Å². The van der Waals surface area contributed by atoms with E-state index in [1.807, 2.05) is 60.7 Å². The Bertz CT molecular complexity index is 947. The van der Waals surface area contributed by atoms with Crippen LogP contribution in [0.5, 0.6) is 11.5 Å². The van der Waals surface area contributed by atoms with E-state index in [0.717, 1.165) is 22.3 Å². The smallest absolute Gasteiger partial charge is 0.339 e. The van der Waals surface area contributed by atoms with E-state index < -0.39 is 5.97 Å². The van der Waals surface area contributed by atoms with Gasteiger partial charge in [0.1, 0.15) is 17.1 Å². The maximum atomic E-state index is 11.9. The highest BCUT2D eigenvalue weighted by atomic mass is 16.7. The molecule has 2 bridgehead atoms. The molecule has 25 heavy (non-hydrogen) atoms. The molecule has 0 saturated heterocycles. The molecule has 0 radical (unpaired) electrons. The van der Waals surface area contributed by atoms with E-state index in [1.54, 1.807) is 6.92 Å². The lowest BCUT2D eigenvalue weighted by Crippen LogP contribution is -2.05. The molecule has 0 saturated carbocycles. The number of fused-ring (bicyclic) bond motifs is 4. The fourth-order valence-corrected chi connectivity index (χ4v) is 3.31. The predicted molar refractivity (Wildman–Crippen MR) is 95.1 cm³/mol. The molecule has 3 aromatic carbocycles. The van der Waals surface area contributed by atoms with E-state index in [1.165, 1.54) is 0 Å². The Morgan fingerprint density at radius 3 is 1.84 bits per heavy atom. The first kappa shape index (κ1) is 15.3. The molecule has 0 atom stereocenters. The Morgan fingerprint density at radius 1 is 0.840 bits per heavy atom. The molecule has 2 aliphatic rings. The lowest BCUT2D eigenvalue weighted by molar-refractivity contribution is 0.0689. The summed E-state index contributed by atoms with van der Waals surface area (Å²) in [6.07, 6.45) is 0. The van der Waals surface area contributed by atoms with Crippen molar-refractivity contribution in [1.82, 2.24) is 0 Å². The molecular formula is C21H16O4. The Labute approximate surface area is 145 Å². The molecule has 0 spiro atoms. The van der Waals surface area contributed by atoms with Crippen LogP contribution in [-0.2, 0) is 0 Å². The number of carboxylic acids is 1. The number of ether oxygens (including phenoxy) is 2. The third-order valence-corrected chi connectivity index (χ3v) is 4.39. The van der Waals surface area contributed by atoms with Crippen molar-refractivity contribution in [1.29, 1.82) is 0 Å². The zero-order valence-corrected chi connectivity index (χ0v) is 13.7. The van der Waals surface area contributed by atoms with Gasteiger partial charge < -0.3 is 14.6 Å². The molecule has 2 heterocycles. The minimum atomic E-state index is -1.02. The molecule has 0 fully saturated rings. The largest absolute Gasteiger partial charge is 0.478 e. The number of aromatic carboxylic acids is 1. The van der Waals surface area contributed by atoms with Gasteiger partial charge in [-0.3, -0.25) is 0 Å². The third kappa shape index (κ3) is 2.43. The number of rotatable bonds is 3. The normalized spacial score (nSPS) is 12.2. The maximum absolute atomic E-state index is 11.9. The van der Waals surface area contributed by atoms with E-state index >= 15 is 0 Å². The van der Waals surface area contributed by atoms with Gasteiger partial charge >= 0.3 is 5.97 Å². The van der Waals surface area contributed by atoms with E-state index in [4.69, 9.17) is 9.47 Å². The fourth-order valence-electron chi connectivity index (χ4n) is 3.31. The molecule has 0 amide bonds. The topological polar surface area (TPSA) is 55.8 Å².